The van der Waals surface area contributed by atoms with E-state index in [1.807, 2.05) is 0 Å². The van der Waals surface area contributed by atoms with Crippen LogP contribution in [0, 0.1) is 0 Å². The molecule has 0 aliphatic carbocycles. The molecule has 2 aliphatic heterocycles. The van der Waals surface area contributed by atoms with Gasteiger partial charge in [-0.1, -0.05) is 0 Å². The first kappa shape index (κ1) is 15.9. The molecule has 0 spiro atoms. The van der Waals surface area contributed by atoms with Crippen molar-refractivity contribution in [3.63, 3.8) is 0 Å². The lowest BCUT2D eigenvalue weighted by Gasteiger charge is -2.35. The number of nitrogens with zero attached hydrogens (tertiary/aromatic N) is 3. The lowest BCUT2D eigenvalue weighted by Crippen LogP contribution is -2.41. The van der Waals surface area contributed by atoms with Crippen LogP contribution < -0.4 is 10.2 Å². The Morgan fingerprint density at radius 1 is 1.43 bits per heavy atom. The predicted molar refractivity (Wildman–Crippen MR) is 87.8 cm³/mol. The summed E-state index contributed by atoms with van der Waals surface area (Å²) in [6.07, 6.45) is 7.18. The molecule has 2 fully saturated rings. The van der Waals surface area contributed by atoms with Crippen molar-refractivity contribution in [2.24, 2.45) is 0 Å². The number of amides is 2. The van der Waals surface area contributed by atoms with E-state index in [1.165, 1.54) is 0 Å². The largest absolute Gasteiger partial charge is 0.396 e. The van der Waals surface area contributed by atoms with Crippen molar-refractivity contribution in [2.75, 3.05) is 18.1 Å². The molecule has 2 aliphatic rings. The maximum absolute atomic E-state index is 11.6. The number of rotatable bonds is 4. The molecule has 2 saturated heterocycles. The molecule has 122 valence electrons. The highest BCUT2D eigenvalue weighted by molar-refractivity contribution is 8.18. The Hall–Kier alpha value is -1.93. The molecule has 1 aromatic heterocycles. The maximum atomic E-state index is 11.6. The summed E-state index contributed by atoms with van der Waals surface area (Å²) in [5.74, 6) is 0.212. The van der Waals surface area contributed by atoms with Gasteiger partial charge in [0, 0.05) is 25.4 Å². The van der Waals surface area contributed by atoms with E-state index >= 15 is 0 Å². The number of nitrogens with one attached hydrogen (secondary N) is 1. The van der Waals surface area contributed by atoms with Crippen LogP contribution in [0.5, 0.6) is 0 Å². The van der Waals surface area contributed by atoms with Gasteiger partial charge in [0.25, 0.3) is 11.1 Å². The molecule has 0 bridgehead atoms. The molecule has 23 heavy (non-hydrogen) atoms. The van der Waals surface area contributed by atoms with Gasteiger partial charge in [-0.25, -0.2) is 9.97 Å². The van der Waals surface area contributed by atoms with Crippen molar-refractivity contribution in [3.05, 3.63) is 22.9 Å². The van der Waals surface area contributed by atoms with E-state index in [9.17, 15) is 14.7 Å². The number of anilines is 1. The second-order valence-electron chi connectivity index (χ2n) is 5.49. The van der Waals surface area contributed by atoms with E-state index in [1.54, 1.807) is 18.3 Å². The van der Waals surface area contributed by atoms with Gasteiger partial charge in [0.05, 0.1) is 10.6 Å². The summed E-state index contributed by atoms with van der Waals surface area (Å²) in [7, 11) is 0. The molecule has 1 aromatic rings. The highest BCUT2D eigenvalue weighted by Crippen LogP contribution is 2.27. The number of aliphatic hydroxyl groups excluding tert-OH is 1. The average molecular weight is 334 g/mol. The van der Waals surface area contributed by atoms with Crippen LogP contribution in [0.2, 0.25) is 0 Å². The Balaban J connectivity index is 1.83. The minimum atomic E-state index is -0.392. The number of hydrogen-bond donors (Lipinski definition) is 2. The highest BCUT2D eigenvalue weighted by Gasteiger charge is 2.26. The standard InChI is InChI=1S/C15H18N4O3S/c20-8-5-11-3-1-2-7-19(11)14-16-6-4-10(17-14)9-12-13(21)18-15(22)23-12/h4,6,9,11,20H,1-3,5,7-8H2,(H,18,21,22). The first-order valence-electron chi connectivity index (χ1n) is 7.63. The van der Waals surface area contributed by atoms with E-state index < -0.39 is 5.91 Å². The first-order valence-corrected chi connectivity index (χ1v) is 8.44. The summed E-state index contributed by atoms with van der Waals surface area (Å²) < 4.78 is 0. The number of aliphatic hydroxyl groups is 1. The molecule has 1 unspecified atom stereocenters. The average Bonchev–Trinajstić information content (AvgIpc) is 2.86. The number of carbonyl (C=O) groups is 2. The van der Waals surface area contributed by atoms with Gasteiger partial charge in [0.15, 0.2) is 0 Å². The Bertz CT molecular complexity index is 647. The molecule has 0 radical (unpaired) electrons. The van der Waals surface area contributed by atoms with Crippen LogP contribution in [0.25, 0.3) is 6.08 Å². The SMILES string of the molecule is O=C1NC(=O)C(=Cc2ccnc(N3CCCCC3CCO)n2)S1. The Labute approximate surface area is 138 Å². The number of imide groups is 1. The molecule has 3 heterocycles. The fraction of sp³-hybridized carbons (Fsp3) is 0.467. The smallest absolute Gasteiger partial charge is 0.290 e. The van der Waals surface area contributed by atoms with E-state index in [0.29, 0.717) is 23.0 Å². The van der Waals surface area contributed by atoms with Gasteiger partial charge in [0.2, 0.25) is 5.95 Å². The minimum absolute atomic E-state index is 0.143. The molecule has 0 aromatic carbocycles. The number of hydrogen-bond acceptors (Lipinski definition) is 7. The van der Waals surface area contributed by atoms with Crippen molar-refractivity contribution in [1.29, 1.82) is 0 Å². The fourth-order valence-corrected chi connectivity index (χ4v) is 3.52. The van der Waals surface area contributed by atoms with Crippen molar-refractivity contribution in [1.82, 2.24) is 15.3 Å². The van der Waals surface area contributed by atoms with E-state index in [0.717, 1.165) is 37.6 Å². The second kappa shape index (κ2) is 7.10. The normalized spacial score (nSPS) is 23.4. The van der Waals surface area contributed by atoms with Crippen LogP contribution in [0.4, 0.5) is 10.7 Å². The van der Waals surface area contributed by atoms with Crippen molar-refractivity contribution < 1.29 is 14.7 Å². The van der Waals surface area contributed by atoms with Crippen molar-refractivity contribution in [3.8, 4) is 0 Å². The third-order valence-corrected chi connectivity index (χ3v) is 4.74. The number of carbonyl (C=O) groups excluding carboxylic acids is 2. The molecule has 7 nitrogen and oxygen atoms in total. The molecule has 2 amide bonds. The molecule has 0 saturated carbocycles. The number of piperidine rings is 1. The minimum Gasteiger partial charge on any atom is -0.396 e. The number of thioether (sulfide) groups is 1. The zero-order valence-corrected chi connectivity index (χ0v) is 13.4. The molecule has 3 rings (SSSR count). The zero-order valence-electron chi connectivity index (χ0n) is 12.6. The van der Waals surface area contributed by atoms with E-state index in [2.05, 4.69) is 20.2 Å². The third-order valence-electron chi connectivity index (χ3n) is 3.93. The summed E-state index contributed by atoms with van der Waals surface area (Å²) in [5.41, 5.74) is 0.593. The first-order chi connectivity index (χ1) is 11.2. The number of aromatic nitrogens is 2. The van der Waals surface area contributed by atoms with Crippen molar-refractivity contribution >= 4 is 34.9 Å². The molecular weight excluding hydrogens is 316 g/mol. The van der Waals surface area contributed by atoms with Gasteiger partial charge >= 0.3 is 0 Å². The van der Waals surface area contributed by atoms with Crippen LogP contribution in [-0.2, 0) is 4.79 Å². The monoisotopic (exact) mass is 334 g/mol. The molecule has 2 N–H and O–H groups in total. The Kier molecular flexibility index (Phi) is 4.92. The second-order valence-corrected chi connectivity index (χ2v) is 6.50. The van der Waals surface area contributed by atoms with E-state index in [4.69, 9.17) is 0 Å². The molecular formula is C15H18N4O3S. The van der Waals surface area contributed by atoms with Crippen LogP contribution in [0.1, 0.15) is 31.4 Å². The summed E-state index contributed by atoms with van der Waals surface area (Å²) in [6, 6.07) is 1.94. The summed E-state index contributed by atoms with van der Waals surface area (Å²) in [4.78, 5) is 34.1. The Morgan fingerprint density at radius 3 is 3.04 bits per heavy atom. The molecule has 8 heteroatoms. The van der Waals surface area contributed by atoms with Gasteiger partial charge in [-0.2, -0.15) is 0 Å². The van der Waals surface area contributed by atoms with Crippen LogP contribution in [-0.4, -0.2) is 45.4 Å². The molecule has 1 atom stereocenters. The zero-order chi connectivity index (χ0) is 16.2. The lowest BCUT2D eigenvalue weighted by molar-refractivity contribution is -0.115. The predicted octanol–water partition coefficient (Wildman–Crippen LogP) is 1.54. The van der Waals surface area contributed by atoms with Crippen LogP contribution >= 0.6 is 11.8 Å². The lowest BCUT2D eigenvalue weighted by atomic mass is 10.0. The summed E-state index contributed by atoms with van der Waals surface area (Å²) in [5, 5.41) is 11.1. The van der Waals surface area contributed by atoms with Crippen molar-refractivity contribution in [2.45, 2.75) is 31.7 Å². The van der Waals surface area contributed by atoms with Gasteiger partial charge in [-0.3, -0.25) is 14.9 Å². The van der Waals surface area contributed by atoms with Gasteiger partial charge in [-0.15, -0.1) is 0 Å². The topological polar surface area (TPSA) is 95.4 Å². The van der Waals surface area contributed by atoms with Gasteiger partial charge in [-0.05, 0) is 49.6 Å². The quantitative estimate of drug-likeness (QED) is 0.806. The maximum Gasteiger partial charge on any atom is 0.290 e. The fourth-order valence-electron chi connectivity index (χ4n) is 2.85. The van der Waals surface area contributed by atoms with E-state index in [-0.39, 0.29) is 17.9 Å². The van der Waals surface area contributed by atoms with Gasteiger partial charge in [0.1, 0.15) is 0 Å². The summed E-state index contributed by atoms with van der Waals surface area (Å²) >= 11 is 0.873. The van der Waals surface area contributed by atoms with Crippen LogP contribution in [0.3, 0.4) is 0 Å². The Morgan fingerprint density at radius 2 is 2.30 bits per heavy atom. The van der Waals surface area contributed by atoms with Gasteiger partial charge < -0.3 is 10.0 Å². The van der Waals surface area contributed by atoms with Crippen LogP contribution in [0.15, 0.2) is 17.2 Å². The third kappa shape index (κ3) is 3.70. The summed E-state index contributed by atoms with van der Waals surface area (Å²) in [6.45, 7) is 1.00. The highest BCUT2D eigenvalue weighted by atomic mass is 32.2.